The van der Waals surface area contributed by atoms with E-state index in [0.717, 1.165) is 26.2 Å². The number of benzene rings is 2. The van der Waals surface area contributed by atoms with E-state index >= 15 is 0 Å². The summed E-state index contributed by atoms with van der Waals surface area (Å²) in [5.41, 5.74) is 3.63. The van der Waals surface area contributed by atoms with E-state index in [9.17, 15) is 4.79 Å². The van der Waals surface area contributed by atoms with Gasteiger partial charge in [-0.25, -0.2) is 4.98 Å². The molecule has 0 saturated carbocycles. The van der Waals surface area contributed by atoms with Gasteiger partial charge in [-0.3, -0.25) is 14.7 Å². The molecule has 1 amide bonds. The largest absolute Gasteiger partial charge is 0.279 e. The molecule has 4 nitrogen and oxygen atoms in total. The molecule has 0 spiro atoms. The van der Waals surface area contributed by atoms with Crippen LogP contribution in [-0.4, -0.2) is 22.1 Å². The Labute approximate surface area is 172 Å². The molecule has 0 aliphatic carbocycles. The highest BCUT2D eigenvalue weighted by Gasteiger charge is 2.22. The molecule has 0 fully saturated rings. The molecular weight excluding hydrogens is 386 g/mol. The fraction of sp³-hybridized carbons (Fsp3) is 0.136. The summed E-state index contributed by atoms with van der Waals surface area (Å²) in [5.74, 6) is -0.0580. The maximum atomic E-state index is 13.4. The first kappa shape index (κ1) is 18.7. The number of carbonyl (C=O) groups excluding carboxylic acids is 1. The fourth-order valence-electron chi connectivity index (χ4n) is 3.03. The zero-order chi connectivity index (χ0) is 19.5. The van der Waals surface area contributed by atoms with Crippen molar-refractivity contribution in [2.24, 2.45) is 0 Å². The van der Waals surface area contributed by atoms with Crippen molar-refractivity contribution in [3.63, 3.8) is 0 Å². The lowest BCUT2D eigenvalue weighted by atomic mass is 10.1. The smallest absolute Gasteiger partial charge is 0.260 e. The van der Waals surface area contributed by atoms with Gasteiger partial charge in [0.05, 0.1) is 16.8 Å². The maximum absolute atomic E-state index is 13.4. The molecule has 0 aliphatic heterocycles. The first-order valence-electron chi connectivity index (χ1n) is 8.86. The molecule has 0 unspecified atom stereocenters. The summed E-state index contributed by atoms with van der Waals surface area (Å²) in [5, 5.41) is 0.701. The average molecular weight is 406 g/mol. The number of aromatic nitrogens is 2. The summed E-state index contributed by atoms with van der Waals surface area (Å²) in [7, 11) is 0. The zero-order valence-corrected chi connectivity index (χ0v) is 17.3. The third kappa shape index (κ3) is 3.79. The van der Waals surface area contributed by atoms with Crippen LogP contribution in [0.25, 0.3) is 10.2 Å². The Balaban J connectivity index is 1.79. The van der Waals surface area contributed by atoms with Crippen molar-refractivity contribution < 1.29 is 4.79 Å². The first-order chi connectivity index (χ1) is 13.7. The van der Waals surface area contributed by atoms with Crippen molar-refractivity contribution in [1.82, 2.24) is 9.97 Å². The zero-order valence-electron chi connectivity index (χ0n) is 15.6. The van der Waals surface area contributed by atoms with Gasteiger partial charge >= 0.3 is 0 Å². The summed E-state index contributed by atoms with van der Waals surface area (Å²) in [4.78, 5) is 25.3. The minimum atomic E-state index is -0.0580. The Hall–Kier alpha value is -2.70. The number of amides is 1. The van der Waals surface area contributed by atoms with Gasteiger partial charge < -0.3 is 0 Å². The normalized spacial score (nSPS) is 10.9. The molecule has 0 atom stereocenters. The van der Waals surface area contributed by atoms with Crippen LogP contribution < -0.4 is 4.90 Å². The number of anilines is 1. The second-order valence-corrected chi connectivity index (χ2v) is 8.28. The predicted molar refractivity (Wildman–Crippen MR) is 117 cm³/mol. The van der Waals surface area contributed by atoms with Crippen molar-refractivity contribution in [2.45, 2.75) is 18.4 Å². The summed E-state index contributed by atoms with van der Waals surface area (Å²) < 4.78 is 1.08. The number of pyridine rings is 1. The van der Waals surface area contributed by atoms with Crippen LogP contribution in [0, 0.1) is 6.92 Å². The minimum absolute atomic E-state index is 0.0580. The highest BCUT2D eigenvalue weighted by molar-refractivity contribution is 7.98. The van der Waals surface area contributed by atoms with Crippen molar-refractivity contribution >= 4 is 44.4 Å². The summed E-state index contributed by atoms with van der Waals surface area (Å²) in [6.07, 6.45) is 5.56. The van der Waals surface area contributed by atoms with E-state index in [1.54, 1.807) is 40.4 Å². The lowest BCUT2D eigenvalue weighted by Gasteiger charge is -2.20. The summed E-state index contributed by atoms with van der Waals surface area (Å²) >= 11 is 3.21. The standard InChI is InChI=1S/C22H19N3OS2/c1-15-6-3-8-17(12-15)21(26)25(14-16-7-5-11-23-13-16)22-24-20-18(27-2)9-4-10-19(20)28-22/h3-13H,14H2,1-2H3. The van der Waals surface area contributed by atoms with Gasteiger partial charge in [0.25, 0.3) is 5.91 Å². The predicted octanol–water partition coefficient (Wildman–Crippen LogP) is 5.57. The molecule has 2 aromatic heterocycles. The number of thioether (sulfide) groups is 1. The van der Waals surface area contributed by atoms with Gasteiger partial charge in [0.2, 0.25) is 0 Å². The number of rotatable bonds is 5. The monoisotopic (exact) mass is 405 g/mol. The topological polar surface area (TPSA) is 46.1 Å². The van der Waals surface area contributed by atoms with Crippen molar-refractivity contribution in [1.29, 1.82) is 0 Å². The Morgan fingerprint density at radius 2 is 2.00 bits per heavy atom. The Bertz CT molecular complexity index is 1130. The highest BCUT2D eigenvalue weighted by Crippen LogP contribution is 2.35. The fourth-order valence-corrected chi connectivity index (χ4v) is 4.64. The van der Waals surface area contributed by atoms with Crippen LogP contribution in [-0.2, 0) is 6.54 Å². The molecule has 0 bridgehead atoms. The van der Waals surface area contributed by atoms with Gasteiger partial charge in [-0.05, 0) is 49.1 Å². The van der Waals surface area contributed by atoms with E-state index in [0.29, 0.717) is 17.2 Å². The molecule has 4 rings (SSSR count). The molecule has 28 heavy (non-hydrogen) atoms. The number of carbonyl (C=O) groups is 1. The Morgan fingerprint density at radius 1 is 1.14 bits per heavy atom. The van der Waals surface area contributed by atoms with E-state index in [1.807, 2.05) is 55.6 Å². The van der Waals surface area contributed by atoms with Crippen molar-refractivity contribution in [3.8, 4) is 0 Å². The Kier molecular flexibility index (Phi) is 5.41. The molecule has 0 N–H and O–H groups in total. The maximum Gasteiger partial charge on any atom is 0.260 e. The number of nitrogens with zero attached hydrogens (tertiary/aromatic N) is 3. The first-order valence-corrected chi connectivity index (χ1v) is 10.9. The van der Waals surface area contributed by atoms with E-state index in [-0.39, 0.29) is 5.91 Å². The van der Waals surface area contributed by atoms with Crippen LogP contribution in [0.5, 0.6) is 0 Å². The van der Waals surface area contributed by atoms with Crippen LogP contribution in [0.4, 0.5) is 5.13 Å². The van der Waals surface area contributed by atoms with Crippen LogP contribution in [0.3, 0.4) is 0 Å². The highest BCUT2D eigenvalue weighted by atomic mass is 32.2. The van der Waals surface area contributed by atoms with Crippen LogP contribution in [0.1, 0.15) is 21.5 Å². The number of hydrogen-bond acceptors (Lipinski definition) is 5. The van der Waals surface area contributed by atoms with E-state index in [1.165, 1.54) is 0 Å². The molecule has 4 aromatic rings. The molecule has 6 heteroatoms. The molecular formula is C22H19N3OS2. The van der Waals surface area contributed by atoms with Gasteiger partial charge in [-0.2, -0.15) is 0 Å². The van der Waals surface area contributed by atoms with Crippen molar-refractivity contribution in [3.05, 3.63) is 83.7 Å². The van der Waals surface area contributed by atoms with E-state index in [4.69, 9.17) is 4.98 Å². The second kappa shape index (κ2) is 8.12. The third-order valence-corrected chi connectivity index (χ3v) is 6.21. The number of hydrogen-bond donors (Lipinski definition) is 0. The van der Waals surface area contributed by atoms with E-state index in [2.05, 4.69) is 17.1 Å². The number of fused-ring (bicyclic) bond motifs is 1. The lowest BCUT2D eigenvalue weighted by Crippen LogP contribution is -2.30. The molecule has 140 valence electrons. The lowest BCUT2D eigenvalue weighted by molar-refractivity contribution is 0.0985. The number of aryl methyl sites for hydroxylation is 1. The summed E-state index contributed by atoms with van der Waals surface area (Å²) in [6, 6.07) is 17.7. The van der Waals surface area contributed by atoms with Gasteiger partial charge in [-0.15, -0.1) is 11.8 Å². The number of para-hydroxylation sites is 1. The molecule has 2 heterocycles. The average Bonchev–Trinajstić information content (AvgIpc) is 3.16. The van der Waals surface area contributed by atoms with Gasteiger partial charge in [0.15, 0.2) is 5.13 Å². The third-order valence-electron chi connectivity index (χ3n) is 4.40. The molecule has 0 saturated heterocycles. The molecule has 0 aliphatic rings. The van der Waals surface area contributed by atoms with Crippen LogP contribution in [0.15, 0.2) is 71.9 Å². The van der Waals surface area contributed by atoms with Crippen molar-refractivity contribution in [2.75, 3.05) is 11.2 Å². The second-order valence-electron chi connectivity index (χ2n) is 6.43. The number of thiazole rings is 1. The van der Waals surface area contributed by atoms with Gasteiger partial charge in [-0.1, -0.05) is 41.2 Å². The molecule has 0 radical (unpaired) electrons. The Morgan fingerprint density at radius 3 is 2.75 bits per heavy atom. The van der Waals surface area contributed by atoms with Gasteiger partial charge in [0, 0.05) is 22.9 Å². The van der Waals surface area contributed by atoms with Gasteiger partial charge in [0.1, 0.15) is 0 Å². The molecule has 2 aromatic carbocycles. The SMILES string of the molecule is CSc1cccc2sc(N(Cc3cccnc3)C(=O)c3cccc(C)c3)nc12. The van der Waals surface area contributed by atoms with Crippen LogP contribution in [0.2, 0.25) is 0 Å². The minimum Gasteiger partial charge on any atom is -0.279 e. The van der Waals surface area contributed by atoms with Crippen LogP contribution >= 0.6 is 23.1 Å². The quantitative estimate of drug-likeness (QED) is 0.407. The van der Waals surface area contributed by atoms with E-state index < -0.39 is 0 Å². The summed E-state index contributed by atoms with van der Waals surface area (Å²) in [6.45, 7) is 2.42.